The third kappa shape index (κ3) is 6.18. The van der Waals surface area contributed by atoms with Crippen LogP contribution in [0, 0.1) is 0 Å². The van der Waals surface area contributed by atoms with Gasteiger partial charge in [0.15, 0.2) is 5.78 Å². The topological polar surface area (TPSA) is 208 Å². The molecule has 0 saturated carbocycles. The van der Waals surface area contributed by atoms with Crippen LogP contribution in [-0.2, 0) is 22.8 Å². The Morgan fingerprint density at radius 2 is 1.65 bits per heavy atom. The molecular formula is C6H12O12P2. The molecule has 2 unspecified atom stereocenters. The van der Waals surface area contributed by atoms with Gasteiger partial charge in [-0.3, -0.25) is 9.32 Å². The molecule has 0 aliphatic rings. The zero-order valence-electron chi connectivity index (χ0n) is 9.60. The van der Waals surface area contributed by atoms with E-state index in [1.54, 1.807) is 0 Å². The molecule has 0 saturated heterocycles. The van der Waals surface area contributed by atoms with Crippen LogP contribution in [-0.4, -0.2) is 67.1 Å². The first-order valence-electron chi connectivity index (χ1n) is 4.67. The van der Waals surface area contributed by atoms with E-state index in [0.717, 1.165) is 0 Å². The monoisotopic (exact) mass is 338 g/mol. The van der Waals surface area contributed by atoms with E-state index in [1.807, 2.05) is 0 Å². The molecule has 0 radical (unpaired) electrons. The Balaban J connectivity index is 4.58. The van der Waals surface area contributed by atoms with Crippen LogP contribution in [0.25, 0.3) is 0 Å². The summed E-state index contributed by atoms with van der Waals surface area (Å²) in [6.07, 6.45) is -4.01. The Hall–Kier alpha value is -0.680. The van der Waals surface area contributed by atoms with Gasteiger partial charge in [0.25, 0.3) is 0 Å². The third-order valence-corrected chi connectivity index (χ3v) is 4.36. The second-order valence-electron chi connectivity index (χ2n) is 3.29. The van der Waals surface area contributed by atoms with Crippen molar-refractivity contribution in [1.29, 1.82) is 0 Å². The molecule has 0 spiro atoms. The molecule has 14 heteroatoms. The van der Waals surface area contributed by atoms with Gasteiger partial charge in [-0.15, -0.1) is 0 Å². The number of aliphatic hydroxyl groups excluding tert-OH is 3. The van der Waals surface area contributed by atoms with Crippen molar-refractivity contribution in [2.75, 3.05) is 13.2 Å². The second kappa shape index (κ2) is 7.36. The van der Waals surface area contributed by atoms with E-state index >= 15 is 0 Å². The van der Waals surface area contributed by atoms with Crippen molar-refractivity contribution < 1.29 is 57.8 Å². The number of phosphoric acid groups is 1. The fourth-order valence-electron chi connectivity index (χ4n) is 0.743. The van der Waals surface area contributed by atoms with E-state index in [9.17, 15) is 18.7 Å². The number of carboxylic acid groups (broad SMARTS) is 1. The van der Waals surface area contributed by atoms with Crippen molar-refractivity contribution in [3.05, 3.63) is 0 Å². The number of hydrogen-bond acceptors (Lipinski definition) is 9. The first-order chi connectivity index (χ1) is 8.93. The molecule has 0 aromatic rings. The zero-order valence-corrected chi connectivity index (χ0v) is 11.4. The maximum Gasteiger partial charge on any atom is 0.480 e. The van der Waals surface area contributed by atoms with Gasteiger partial charge in [0, 0.05) is 0 Å². The van der Waals surface area contributed by atoms with Crippen molar-refractivity contribution in [3.63, 3.8) is 0 Å². The lowest BCUT2D eigenvalue weighted by atomic mass is 10.1. The third-order valence-electron chi connectivity index (χ3n) is 1.71. The predicted octanol–water partition coefficient (Wildman–Crippen LogP) is -1.73. The molecule has 0 fully saturated rings. The average Bonchev–Trinajstić information content (AvgIpc) is 2.32. The fourth-order valence-corrected chi connectivity index (χ4v) is 2.62. The number of hydrogen-bond donors (Lipinski definition) is 6. The number of rotatable bonds is 9. The van der Waals surface area contributed by atoms with Crippen LogP contribution in [0.1, 0.15) is 0 Å². The highest BCUT2D eigenvalue weighted by Gasteiger charge is 2.41. The summed E-state index contributed by atoms with van der Waals surface area (Å²) in [4.78, 5) is 38.8. The van der Waals surface area contributed by atoms with Gasteiger partial charge >= 0.3 is 21.1 Å². The highest BCUT2D eigenvalue weighted by Crippen LogP contribution is 2.60. The van der Waals surface area contributed by atoms with E-state index in [2.05, 4.69) is 8.83 Å². The molecule has 6 N–H and O–H groups in total. The van der Waals surface area contributed by atoms with Gasteiger partial charge in [-0.2, -0.15) is 4.31 Å². The molecule has 0 aliphatic carbocycles. The molecule has 0 rings (SSSR count). The molecule has 118 valence electrons. The van der Waals surface area contributed by atoms with Crippen LogP contribution < -0.4 is 0 Å². The Labute approximate surface area is 111 Å². The first-order valence-corrected chi connectivity index (χ1v) is 7.75. The lowest BCUT2D eigenvalue weighted by Crippen LogP contribution is -2.38. The number of carbonyl (C=O) groups excluding carboxylic acids is 1. The summed E-state index contributed by atoms with van der Waals surface area (Å²) >= 11 is 0. The van der Waals surface area contributed by atoms with E-state index in [1.165, 1.54) is 0 Å². The van der Waals surface area contributed by atoms with Crippen molar-refractivity contribution in [3.8, 4) is 0 Å². The van der Waals surface area contributed by atoms with Gasteiger partial charge in [0.1, 0.15) is 18.8 Å². The molecule has 4 atom stereocenters. The Kier molecular flexibility index (Phi) is 7.11. The van der Waals surface area contributed by atoms with Crippen molar-refractivity contribution in [2.45, 2.75) is 12.2 Å². The Morgan fingerprint density at radius 1 is 1.15 bits per heavy atom. The number of phosphoric ester groups is 1. The Morgan fingerprint density at radius 3 is 2.05 bits per heavy atom. The number of carbonyl (C=O) groups is 2. The molecule has 0 aromatic carbocycles. The maximum atomic E-state index is 11.1. The van der Waals surface area contributed by atoms with E-state index < -0.39 is 52.3 Å². The molecule has 0 aromatic heterocycles. The normalized spacial score (nSPS) is 20.4. The number of aliphatic hydroxyl groups is 3. The molecule has 0 bridgehead atoms. The van der Waals surface area contributed by atoms with Crippen molar-refractivity contribution >= 4 is 26.9 Å². The zero-order chi connectivity index (χ0) is 16.1. The van der Waals surface area contributed by atoms with Crippen LogP contribution in [0.3, 0.4) is 0 Å². The van der Waals surface area contributed by atoms with Crippen LogP contribution in [0.15, 0.2) is 0 Å². The summed E-state index contributed by atoms with van der Waals surface area (Å²) in [7, 11) is -10.8. The van der Waals surface area contributed by atoms with Crippen LogP contribution >= 0.6 is 15.4 Å². The van der Waals surface area contributed by atoms with E-state index in [4.69, 9.17) is 30.2 Å². The van der Waals surface area contributed by atoms with Crippen LogP contribution in [0.5, 0.6) is 0 Å². The van der Waals surface area contributed by atoms with Gasteiger partial charge in [0.2, 0.25) is 0 Å². The smallest absolute Gasteiger partial charge is 0.472 e. The largest absolute Gasteiger partial charge is 0.480 e. The SMILES string of the molecule is O=C(COP(=O)(O)OP(=O)(O)C(=O)O)[C@H](O)[C@H](O)CO. The predicted molar refractivity (Wildman–Crippen MR) is 58.8 cm³/mol. The van der Waals surface area contributed by atoms with Crippen LogP contribution in [0.4, 0.5) is 4.79 Å². The van der Waals surface area contributed by atoms with Gasteiger partial charge in [-0.25, -0.2) is 13.9 Å². The minimum absolute atomic E-state index is 0.981. The summed E-state index contributed by atoms with van der Waals surface area (Å²) in [6, 6.07) is 0. The lowest BCUT2D eigenvalue weighted by molar-refractivity contribution is -0.137. The van der Waals surface area contributed by atoms with Crippen LogP contribution in [0.2, 0.25) is 0 Å². The highest BCUT2D eigenvalue weighted by atomic mass is 31.3. The standard InChI is InChI=1S/C6H12O12P2/c7-1-3(8)5(10)4(9)2-17-20(15,16)18-19(13,14)6(11)12/h3,5,7-8,10H,1-2H2,(H,11,12)(H,13,14)(H,15,16)/t3-,5-/m1/s1. The van der Waals surface area contributed by atoms with E-state index in [0.29, 0.717) is 0 Å². The summed E-state index contributed by atoms with van der Waals surface area (Å²) < 4.78 is 29.2. The van der Waals surface area contributed by atoms with Gasteiger partial charge in [-0.05, 0) is 0 Å². The second-order valence-corrected chi connectivity index (χ2v) is 6.56. The van der Waals surface area contributed by atoms with Gasteiger partial charge in [0.05, 0.1) is 6.61 Å². The molecule has 0 heterocycles. The number of Topliss-reactive ketones (excluding diaryl/α,β-unsaturated/α-hetero) is 1. The quantitative estimate of drug-likeness (QED) is 0.259. The minimum Gasteiger partial charge on any atom is -0.472 e. The molecule has 20 heavy (non-hydrogen) atoms. The molecule has 0 amide bonds. The average molecular weight is 338 g/mol. The summed E-state index contributed by atoms with van der Waals surface area (Å²) in [5.41, 5.74) is -2.42. The van der Waals surface area contributed by atoms with Gasteiger partial charge in [-0.1, -0.05) is 0 Å². The van der Waals surface area contributed by atoms with Gasteiger partial charge < -0.3 is 30.2 Å². The van der Waals surface area contributed by atoms with E-state index in [-0.39, 0.29) is 0 Å². The highest BCUT2D eigenvalue weighted by molar-refractivity contribution is 7.75. The number of ketones is 1. The Bertz CT molecular complexity index is 459. The molecular weight excluding hydrogens is 326 g/mol. The summed E-state index contributed by atoms with van der Waals surface area (Å²) in [5, 5.41) is 34.5. The van der Waals surface area contributed by atoms with Crippen molar-refractivity contribution in [1.82, 2.24) is 0 Å². The minimum atomic E-state index is -5.48. The molecule has 12 nitrogen and oxygen atoms in total. The maximum absolute atomic E-state index is 11.1. The fraction of sp³-hybridized carbons (Fsp3) is 0.667. The lowest BCUT2D eigenvalue weighted by Gasteiger charge is -2.16. The molecule has 0 aliphatic heterocycles. The summed E-state index contributed by atoms with van der Waals surface area (Å²) in [5.74, 6) is -1.35. The first kappa shape index (κ1) is 19.3. The van der Waals surface area contributed by atoms with Crippen molar-refractivity contribution in [2.24, 2.45) is 0 Å². The summed E-state index contributed by atoms with van der Waals surface area (Å²) in [6.45, 7) is -2.32.